The summed E-state index contributed by atoms with van der Waals surface area (Å²) < 4.78 is 13.5. The molecule has 0 N–H and O–H groups in total. The number of carbonyl (C=O) groups is 1. The summed E-state index contributed by atoms with van der Waals surface area (Å²) in [5.74, 6) is -0.455. The van der Waals surface area contributed by atoms with Gasteiger partial charge >= 0.3 is 0 Å². The second-order valence-corrected chi connectivity index (χ2v) is 5.32. The van der Waals surface area contributed by atoms with Crippen LogP contribution in [-0.2, 0) is 4.79 Å². The van der Waals surface area contributed by atoms with Crippen molar-refractivity contribution in [3.8, 4) is 0 Å². The molecule has 0 aliphatic heterocycles. The van der Waals surface area contributed by atoms with E-state index in [1.165, 1.54) is 12.1 Å². The van der Waals surface area contributed by atoms with Crippen LogP contribution >= 0.6 is 0 Å². The van der Waals surface area contributed by atoms with Crippen LogP contribution in [0.4, 0.5) is 4.39 Å². The topological polar surface area (TPSA) is 33.2 Å². The Bertz CT molecular complexity index is 613. The maximum atomic E-state index is 13.5. The zero-order valence-corrected chi connectivity index (χ0v) is 12.5. The molecule has 0 spiro atoms. The monoisotopic (exact) mass is 286 g/mol. The molecule has 0 saturated carbocycles. The Hall–Kier alpha value is -2.23. The van der Waals surface area contributed by atoms with Gasteiger partial charge in [0.15, 0.2) is 0 Å². The average molecular weight is 286 g/mol. The van der Waals surface area contributed by atoms with Gasteiger partial charge in [0.2, 0.25) is 5.91 Å². The van der Waals surface area contributed by atoms with Crippen molar-refractivity contribution >= 4 is 5.91 Å². The lowest BCUT2D eigenvalue weighted by Crippen LogP contribution is -2.35. The maximum Gasteiger partial charge on any atom is 0.225 e. The number of carbonyl (C=O) groups excluding carboxylic acids is 1. The molecule has 0 fully saturated rings. The van der Waals surface area contributed by atoms with E-state index in [0.717, 1.165) is 5.69 Å². The fourth-order valence-electron chi connectivity index (χ4n) is 2.34. The number of nitrogens with zero attached hydrogens (tertiary/aromatic N) is 2. The van der Waals surface area contributed by atoms with Crippen molar-refractivity contribution in [1.82, 2.24) is 9.88 Å². The lowest BCUT2D eigenvalue weighted by Gasteiger charge is -2.29. The molecule has 21 heavy (non-hydrogen) atoms. The number of benzene rings is 1. The molecular weight excluding hydrogens is 267 g/mol. The number of rotatable bonds is 4. The number of hydrogen-bond donors (Lipinski definition) is 0. The molecule has 3 nitrogen and oxygen atoms in total. The molecule has 1 aromatic heterocycles. The van der Waals surface area contributed by atoms with Gasteiger partial charge < -0.3 is 4.90 Å². The zero-order chi connectivity index (χ0) is 15.4. The molecule has 0 radical (unpaired) electrons. The standard InChI is InChI=1S/C17H19FN2O/c1-12(2)17(21)20(3)16(15-9-4-5-10-19-15)13-7-6-8-14(18)11-13/h4-12,16H,1-3H3/t16-/m0/s1. The van der Waals surface area contributed by atoms with E-state index in [9.17, 15) is 9.18 Å². The van der Waals surface area contributed by atoms with Crippen molar-refractivity contribution in [3.63, 3.8) is 0 Å². The number of aromatic nitrogens is 1. The van der Waals surface area contributed by atoms with Crippen LogP contribution in [0.25, 0.3) is 0 Å². The molecule has 1 heterocycles. The summed E-state index contributed by atoms with van der Waals surface area (Å²) in [6.07, 6.45) is 1.68. The van der Waals surface area contributed by atoms with E-state index < -0.39 is 6.04 Å². The van der Waals surface area contributed by atoms with Crippen molar-refractivity contribution in [3.05, 3.63) is 65.7 Å². The number of amides is 1. The van der Waals surface area contributed by atoms with Crippen LogP contribution in [0.15, 0.2) is 48.7 Å². The highest BCUT2D eigenvalue weighted by atomic mass is 19.1. The Kier molecular flexibility index (Phi) is 4.68. The lowest BCUT2D eigenvalue weighted by molar-refractivity contribution is -0.134. The second-order valence-electron chi connectivity index (χ2n) is 5.32. The normalized spacial score (nSPS) is 12.2. The quantitative estimate of drug-likeness (QED) is 0.862. The Morgan fingerprint density at radius 1 is 1.19 bits per heavy atom. The van der Waals surface area contributed by atoms with Gasteiger partial charge in [0.05, 0.1) is 11.7 Å². The van der Waals surface area contributed by atoms with Gasteiger partial charge in [-0.25, -0.2) is 4.39 Å². The Labute approximate surface area is 124 Å². The predicted molar refractivity (Wildman–Crippen MR) is 80.1 cm³/mol. The van der Waals surface area contributed by atoms with Crippen LogP contribution in [0.5, 0.6) is 0 Å². The largest absolute Gasteiger partial charge is 0.333 e. The third-order valence-electron chi connectivity index (χ3n) is 3.36. The minimum Gasteiger partial charge on any atom is -0.333 e. The van der Waals surface area contributed by atoms with Crippen molar-refractivity contribution < 1.29 is 9.18 Å². The Morgan fingerprint density at radius 3 is 2.52 bits per heavy atom. The molecule has 2 aromatic rings. The smallest absolute Gasteiger partial charge is 0.225 e. The number of pyridine rings is 1. The molecule has 4 heteroatoms. The van der Waals surface area contributed by atoms with E-state index in [4.69, 9.17) is 0 Å². The van der Waals surface area contributed by atoms with E-state index in [0.29, 0.717) is 5.56 Å². The first-order chi connectivity index (χ1) is 10.0. The van der Waals surface area contributed by atoms with Crippen molar-refractivity contribution in [2.24, 2.45) is 5.92 Å². The van der Waals surface area contributed by atoms with Crippen molar-refractivity contribution in [1.29, 1.82) is 0 Å². The molecule has 0 bridgehead atoms. The van der Waals surface area contributed by atoms with Crippen molar-refractivity contribution in [2.75, 3.05) is 7.05 Å². The highest BCUT2D eigenvalue weighted by molar-refractivity contribution is 5.78. The third-order valence-corrected chi connectivity index (χ3v) is 3.36. The van der Waals surface area contributed by atoms with Crippen molar-refractivity contribution in [2.45, 2.75) is 19.9 Å². The van der Waals surface area contributed by atoms with E-state index in [2.05, 4.69) is 4.98 Å². The van der Waals surface area contributed by atoms with Crippen LogP contribution in [0, 0.1) is 11.7 Å². The van der Waals surface area contributed by atoms with Crippen LogP contribution in [-0.4, -0.2) is 22.8 Å². The SMILES string of the molecule is CC(C)C(=O)N(C)[C@@H](c1cccc(F)c1)c1ccccn1. The van der Waals surface area contributed by atoms with Gasteiger partial charge in [0.25, 0.3) is 0 Å². The molecule has 2 rings (SSSR count). The summed E-state index contributed by atoms with van der Waals surface area (Å²) in [7, 11) is 1.73. The minimum absolute atomic E-state index is 0.00471. The summed E-state index contributed by atoms with van der Waals surface area (Å²) in [5.41, 5.74) is 1.44. The molecule has 0 aliphatic rings. The van der Waals surface area contributed by atoms with Gasteiger partial charge in [-0.1, -0.05) is 32.0 Å². The Morgan fingerprint density at radius 2 is 1.95 bits per heavy atom. The zero-order valence-electron chi connectivity index (χ0n) is 12.5. The van der Waals surface area contributed by atoms with Crippen LogP contribution in [0.1, 0.15) is 31.1 Å². The highest BCUT2D eigenvalue weighted by Gasteiger charge is 2.26. The lowest BCUT2D eigenvalue weighted by atomic mass is 10.00. The third kappa shape index (κ3) is 3.45. The number of hydrogen-bond acceptors (Lipinski definition) is 2. The molecule has 1 aromatic carbocycles. The molecule has 1 amide bonds. The van der Waals surface area contributed by atoms with Crippen LogP contribution < -0.4 is 0 Å². The summed E-state index contributed by atoms with van der Waals surface area (Å²) in [5, 5.41) is 0. The second kappa shape index (κ2) is 6.48. The summed E-state index contributed by atoms with van der Waals surface area (Å²) >= 11 is 0. The van der Waals surface area contributed by atoms with Gasteiger partial charge in [-0.05, 0) is 29.8 Å². The molecule has 0 unspecified atom stereocenters. The molecule has 1 atom stereocenters. The molecule has 0 aliphatic carbocycles. The van der Waals surface area contributed by atoms with E-state index in [1.807, 2.05) is 38.1 Å². The fraction of sp³-hybridized carbons (Fsp3) is 0.294. The van der Waals surface area contributed by atoms with Gasteiger partial charge in [0, 0.05) is 19.2 Å². The van der Waals surface area contributed by atoms with Gasteiger partial charge in [0.1, 0.15) is 5.82 Å². The molecule has 0 saturated heterocycles. The minimum atomic E-state index is -0.392. The highest BCUT2D eigenvalue weighted by Crippen LogP contribution is 2.27. The van der Waals surface area contributed by atoms with Gasteiger partial charge in [-0.2, -0.15) is 0 Å². The summed E-state index contributed by atoms with van der Waals surface area (Å²) in [4.78, 5) is 18.3. The van der Waals surface area contributed by atoms with E-state index in [1.54, 1.807) is 24.2 Å². The van der Waals surface area contributed by atoms with Gasteiger partial charge in [-0.3, -0.25) is 9.78 Å². The first-order valence-electron chi connectivity index (χ1n) is 6.93. The van der Waals surface area contributed by atoms with Gasteiger partial charge in [-0.15, -0.1) is 0 Å². The fourth-order valence-corrected chi connectivity index (χ4v) is 2.34. The summed E-state index contributed by atoms with van der Waals surface area (Å²) in [6, 6.07) is 11.4. The molecule has 110 valence electrons. The first-order valence-corrected chi connectivity index (χ1v) is 6.93. The molecular formula is C17H19FN2O. The van der Waals surface area contributed by atoms with Crippen LogP contribution in [0.2, 0.25) is 0 Å². The average Bonchev–Trinajstić information content (AvgIpc) is 2.47. The first kappa shape index (κ1) is 15.2. The number of halogens is 1. The van der Waals surface area contributed by atoms with E-state index in [-0.39, 0.29) is 17.6 Å². The van der Waals surface area contributed by atoms with Crippen LogP contribution in [0.3, 0.4) is 0 Å². The maximum absolute atomic E-state index is 13.5. The predicted octanol–water partition coefficient (Wildman–Crippen LogP) is 3.42. The van der Waals surface area contributed by atoms with E-state index >= 15 is 0 Å². The summed E-state index contributed by atoms with van der Waals surface area (Å²) in [6.45, 7) is 3.69. The Balaban J connectivity index is 2.47.